The zero-order valence-corrected chi connectivity index (χ0v) is 9.64. The fourth-order valence-electron chi connectivity index (χ4n) is 1.57. The van der Waals surface area contributed by atoms with Crippen molar-refractivity contribution in [3.05, 3.63) is 35.4 Å². The summed E-state index contributed by atoms with van der Waals surface area (Å²) in [5.74, 6) is -0.197. The fourth-order valence-corrected chi connectivity index (χ4v) is 1.57. The number of carbonyl (C=O) groups is 1. The van der Waals surface area contributed by atoms with Gasteiger partial charge in [-0.15, -0.1) is 0 Å². The van der Waals surface area contributed by atoms with Crippen molar-refractivity contribution in [1.29, 1.82) is 0 Å². The highest BCUT2D eigenvalue weighted by Crippen LogP contribution is 2.30. The third-order valence-corrected chi connectivity index (χ3v) is 2.43. The van der Waals surface area contributed by atoms with Crippen molar-refractivity contribution in [3.8, 4) is 0 Å². The highest BCUT2D eigenvalue weighted by atomic mass is 19.4. The van der Waals surface area contributed by atoms with E-state index in [1.807, 2.05) is 6.92 Å². The average molecular weight is 245 g/mol. The van der Waals surface area contributed by atoms with Crippen LogP contribution >= 0.6 is 0 Å². The molecule has 0 aliphatic heterocycles. The minimum absolute atomic E-state index is 0.197. The summed E-state index contributed by atoms with van der Waals surface area (Å²) in [6.45, 7) is 3.24. The minimum atomic E-state index is -4.33. The number of rotatable bonds is 3. The van der Waals surface area contributed by atoms with Gasteiger partial charge >= 0.3 is 6.18 Å². The van der Waals surface area contributed by atoms with Crippen LogP contribution in [0.1, 0.15) is 37.4 Å². The average Bonchev–Trinajstić information content (AvgIpc) is 2.24. The topological polar surface area (TPSA) is 29.1 Å². The van der Waals surface area contributed by atoms with Crippen LogP contribution in [0.25, 0.3) is 0 Å². The van der Waals surface area contributed by atoms with E-state index in [4.69, 9.17) is 0 Å². The molecule has 1 N–H and O–H groups in total. The lowest BCUT2D eigenvalue weighted by Gasteiger charge is -2.17. The molecule has 1 aromatic carbocycles. The van der Waals surface area contributed by atoms with E-state index in [1.165, 1.54) is 19.1 Å². The highest BCUT2D eigenvalue weighted by molar-refractivity contribution is 5.73. The Morgan fingerprint density at radius 2 is 1.82 bits per heavy atom. The van der Waals surface area contributed by atoms with E-state index in [9.17, 15) is 18.0 Å². The first-order valence-electron chi connectivity index (χ1n) is 5.29. The first kappa shape index (κ1) is 13.5. The van der Waals surface area contributed by atoms with Crippen LogP contribution in [0.3, 0.4) is 0 Å². The van der Waals surface area contributed by atoms with Gasteiger partial charge in [-0.25, -0.2) is 0 Å². The van der Waals surface area contributed by atoms with Gasteiger partial charge in [0, 0.05) is 6.92 Å². The van der Waals surface area contributed by atoms with E-state index in [0.29, 0.717) is 12.0 Å². The maximum atomic E-state index is 12.3. The van der Waals surface area contributed by atoms with Gasteiger partial charge in [0.25, 0.3) is 0 Å². The first-order chi connectivity index (χ1) is 7.84. The molecule has 1 rings (SSSR count). The van der Waals surface area contributed by atoms with Crippen molar-refractivity contribution in [2.75, 3.05) is 0 Å². The predicted molar refractivity (Wildman–Crippen MR) is 58.3 cm³/mol. The van der Waals surface area contributed by atoms with Crippen LogP contribution in [0.2, 0.25) is 0 Å². The van der Waals surface area contributed by atoms with Crippen LogP contribution in [0.4, 0.5) is 13.2 Å². The third-order valence-electron chi connectivity index (χ3n) is 2.43. The molecule has 1 amide bonds. The second kappa shape index (κ2) is 5.21. The lowest BCUT2D eigenvalue weighted by Crippen LogP contribution is -2.25. The second-order valence-electron chi connectivity index (χ2n) is 3.78. The number of amides is 1. The standard InChI is InChI=1S/C12H14F3NO/c1-3-11(16-8(2)17)9-4-6-10(7-5-9)12(13,14)15/h4-7,11H,3H2,1-2H3,(H,16,17)/t11-/m1/s1. The summed E-state index contributed by atoms with van der Waals surface area (Å²) in [6, 6.07) is 4.61. The Labute approximate surface area is 97.8 Å². The maximum Gasteiger partial charge on any atom is 0.416 e. The number of benzene rings is 1. The van der Waals surface area contributed by atoms with Gasteiger partial charge in [0.1, 0.15) is 0 Å². The molecule has 0 aliphatic carbocycles. The molecule has 0 aromatic heterocycles. The van der Waals surface area contributed by atoms with Crippen molar-refractivity contribution in [1.82, 2.24) is 5.32 Å². The molecule has 0 fully saturated rings. The van der Waals surface area contributed by atoms with Gasteiger partial charge in [-0.2, -0.15) is 13.2 Å². The summed E-state index contributed by atoms with van der Waals surface area (Å²) in [7, 11) is 0. The lowest BCUT2D eigenvalue weighted by molar-refractivity contribution is -0.137. The molecule has 1 aromatic rings. The number of alkyl halides is 3. The maximum absolute atomic E-state index is 12.3. The van der Waals surface area contributed by atoms with Crippen LogP contribution in [-0.4, -0.2) is 5.91 Å². The predicted octanol–water partition coefficient (Wildman–Crippen LogP) is 3.29. The molecule has 94 valence electrons. The number of hydrogen-bond donors (Lipinski definition) is 1. The van der Waals surface area contributed by atoms with Crippen molar-refractivity contribution < 1.29 is 18.0 Å². The Morgan fingerprint density at radius 1 is 1.29 bits per heavy atom. The SMILES string of the molecule is CC[C@@H](NC(C)=O)c1ccc(C(F)(F)F)cc1. The van der Waals surface area contributed by atoms with Crippen molar-refractivity contribution in [2.45, 2.75) is 32.5 Å². The van der Waals surface area contributed by atoms with Crippen LogP contribution in [0, 0.1) is 0 Å². The van der Waals surface area contributed by atoms with Gasteiger partial charge in [-0.3, -0.25) is 4.79 Å². The summed E-state index contributed by atoms with van der Waals surface area (Å²) in [4.78, 5) is 10.9. The smallest absolute Gasteiger partial charge is 0.350 e. The molecule has 0 spiro atoms. The van der Waals surface area contributed by atoms with Crippen LogP contribution in [0.15, 0.2) is 24.3 Å². The van der Waals surface area contributed by atoms with Crippen molar-refractivity contribution >= 4 is 5.91 Å². The van der Waals surface area contributed by atoms with Gasteiger partial charge in [0.15, 0.2) is 0 Å². The zero-order valence-electron chi connectivity index (χ0n) is 9.64. The van der Waals surface area contributed by atoms with E-state index in [0.717, 1.165) is 12.1 Å². The quantitative estimate of drug-likeness (QED) is 0.869. The monoisotopic (exact) mass is 245 g/mol. The summed E-state index contributed by atoms with van der Waals surface area (Å²) < 4.78 is 37.0. The molecule has 5 heteroatoms. The van der Waals surface area contributed by atoms with Crippen LogP contribution in [0.5, 0.6) is 0 Å². The summed E-state index contributed by atoms with van der Waals surface area (Å²) in [6.07, 6.45) is -3.70. The normalized spacial score (nSPS) is 13.2. The van der Waals surface area contributed by atoms with Crippen molar-refractivity contribution in [3.63, 3.8) is 0 Å². The van der Waals surface area contributed by atoms with Gasteiger partial charge in [-0.1, -0.05) is 19.1 Å². The molecule has 0 unspecified atom stereocenters. The number of carbonyl (C=O) groups excluding carboxylic acids is 1. The largest absolute Gasteiger partial charge is 0.416 e. The number of nitrogens with one attached hydrogen (secondary N) is 1. The Balaban J connectivity index is 2.89. The van der Waals surface area contributed by atoms with Gasteiger partial charge in [0.2, 0.25) is 5.91 Å². The summed E-state index contributed by atoms with van der Waals surface area (Å²) in [5, 5.41) is 2.68. The van der Waals surface area contributed by atoms with E-state index in [2.05, 4.69) is 5.32 Å². The van der Waals surface area contributed by atoms with E-state index in [-0.39, 0.29) is 11.9 Å². The number of halogens is 3. The molecular formula is C12H14F3NO. The molecule has 17 heavy (non-hydrogen) atoms. The molecule has 0 radical (unpaired) electrons. The Hall–Kier alpha value is -1.52. The molecular weight excluding hydrogens is 231 g/mol. The van der Waals surface area contributed by atoms with Crippen molar-refractivity contribution in [2.24, 2.45) is 0 Å². The van der Waals surface area contributed by atoms with Crippen LogP contribution < -0.4 is 5.32 Å². The molecule has 2 nitrogen and oxygen atoms in total. The molecule has 0 saturated heterocycles. The highest BCUT2D eigenvalue weighted by Gasteiger charge is 2.30. The lowest BCUT2D eigenvalue weighted by atomic mass is 10.0. The Morgan fingerprint density at radius 3 is 2.18 bits per heavy atom. The summed E-state index contributed by atoms with van der Waals surface area (Å²) >= 11 is 0. The third kappa shape index (κ3) is 3.76. The molecule has 0 bridgehead atoms. The molecule has 0 heterocycles. The van der Waals surface area contributed by atoms with Gasteiger partial charge < -0.3 is 5.32 Å². The Kier molecular flexibility index (Phi) is 4.15. The van der Waals surface area contributed by atoms with Crippen LogP contribution in [-0.2, 0) is 11.0 Å². The number of hydrogen-bond acceptors (Lipinski definition) is 1. The van der Waals surface area contributed by atoms with Gasteiger partial charge in [-0.05, 0) is 24.1 Å². The minimum Gasteiger partial charge on any atom is -0.350 e. The molecule has 1 atom stereocenters. The van der Waals surface area contributed by atoms with E-state index in [1.54, 1.807) is 0 Å². The van der Waals surface area contributed by atoms with Gasteiger partial charge in [0.05, 0.1) is 11.6 Å². The zero-order chi connectivity index (χ0) is 13.1. The van der Waals surface area contributed by atoms with E-state index < -0.39 is 11.7 Å². The Bertz CT molecular complexity index is 384. The molecule has 0 saturated carbocycles. The first-order valence-corrected chi connectivity index (χ1v) is 5.29. The fraction of sp³-hybridized carbons (Fsp3) is 0.417. The molecule has 0 aliphatic rings. The summed E-state index contributed by atoms with van der Waals surface area (Å²) in [5.41, 5.74) is -0.00497. The van der Waals surface area contributed by atoms with E-state index >= 15 is 0 Å². The second-order valence-corrected chi connectivity index (χ2v) is 3.78.